The van der Waals surface area contributed by atoms with E-state index in [1.165, 1.54) is 0 Å². The molecule has 0 spiro atoms. The zero-order valence-electron chi connectivity index (χ0n) is 19.2. The van der Waals surface area contributed by atoms with Gasteiger partial charge >= 0.3 is 0 Å². The van der Waals surface area contributed by atoms with Gasteiger partial charge in [0.05, 0.1) is 42.5 Å². The molecule has 1 amide bonds. The van der Waals surface area contributed by atoms with Gasteiger partial charge in [0.15, 0.2) is 15.5 Å². The van der Waals surface area contributed by atoms with E-state index < -0.39 is 9.84 Å². The number of hydrogen-bond donors (Lipinski definition) is 1. The molecule has 3 aromatic rings. The lowest BCUT2D eigenvalue weighted by molar-refractivity contribution is 0.0902. The third-order valence-corrected chi connectivity index (χ3v) is 7.57. The maximum atomic E-state index is 13.2. The van der Waals surface area contributed by atoms with Gasteiger partial charge in [-0.3, -0.25) is 4.79 Å². The Kier molecular flexibility index (Phi) is 6.40. The molecule has 33 heavy (non-hydrogen) atoms. The van der Waals surface area contributed by atoms with Gasteiger partial charge < -0.3 is 19.4 Å². The van der Waals surface area contributed by atoms with Crippen LogP contribution in [0.5, 0.6) is 5.75 Å². The number of aryl methyl sites for hydroxylation is 1. The molecule has 0 saturated carbocycles. The molecule has 0 aliphatic carbocycles. The van der Waals surface area contributed by atoms with Crippen molar-refractivity contribution in [3.05, 3.63) is 41.9 Å². The zero-order valence-corrected chi connectivity index (χ0v) is 20.0. The molecule has 2 unspecified atom stereocenters. The smallest absolute Gasteiger partial charge is 0.272 e. The summed E-state index contributed by atoms with van der Waals surface area (Å²) in [6, 6.07) is 8.83. The highest BCUT2D eigenvalue weighted by molar-refractivity contribution is 7.91. The van der Waals surface area contributed by atoms with E-state index in [2.05, 4.69) is 15.3 Å². The summed E-state index contributed by atoms with van der Waals surface area (Å²) in [4.78, 5) is 22.5. The number of nitrogens with one attached hydrogen (secondary N) is 1. The molecule has 1 aliphatic heterocycles. The Bertz CT molecular complexity index is 1280. The van der Waals surface area contributed by atoms with Crippen molar-refractivity contribution in [1.82, 2.24) is 19.9 Å². The van der Waals surface area contributed by atoms with Crippen molar-refractivity contribution in [3.63, 3.8) is 0 Å². The summed E-state index contributed by atoms with van der Waals surface area (Å²) < 4.78 is 36.6. The molecule has 1 aliphatic rings. The lowest BCUT2D eigenvalue weighted by Gasteiger charge is -2.16. The average molecular weight is 473 g/mol. The molecule has 4 rings (SSSR count). The number of nitrogens with zero attached hydrogens (tertiary/aromatic N) is 3. The van der Waals surface area contributed by atoms with E-state index in [1.807, 2.05) is 48.7 Å². The fourth-order valence-corrected chi connectivity index (χ4v) is 6.00. The van der Waals surface area contributed by atoms with Crippen LogP contribution < -0.4 is 10.1 Å². The second-order valence-electron chi connectivity index (χ2n) is 8.37. The standard InChI is InChI=1S/C23H28N4O5S/c1-14(12-31-3)24-23(28)22-21-20(11-19(26-22)16-5-7-18(32-4)8-6-16)27(15(2)25-21)17-9-10-33(29,30)13-17/h5-8,11,14,17H,9-10,12-13H2,1-4H3,(H,24,28). The number of sulfone groups is 1. The van der Waals surface area contributed by atoms with Crippen LogP contribution in [-0.4, -0.2) is 67.2 Å². The van der Waals surface area contributed by atoms with E-state index in [-0.39, 0.29) is 35.2 Å². The molecular weight excluding hydrogens is 444 g/mol. The van der Waals surface area contributed by atoms with Gasteiger partial charge in [0.2, 0.25) is 0 Å². The summed E-state index contributed by atoms with van der Waals surface area (Å²) in [5.74, 6) is 1.22. The molecule has 1 aromatic carbocycles. The third-order valence-electron chi connectivity index (χ3n) is 5.82. The van der Waals surface area contributed by atoms with Crippen LogP contribution in [0.2, 0.25) is 0 Å². The fourth-order valence-electron chi connectivity index (χ4n) is 4.30. The molecular formula is C23H28N4O5S. The number of fused-ring (bicyclic) bond motifs is 1. The highest BCUT2D eigenvalue weighted by Crippen LogP contribution is 2.32. The van der Waals surface area contributed by atoms with Gasteiger partial charge in [0.1, 0.15) is 17.1 Å². The van der Waals surface area contributed by atoms with Gasteiger partial charge in [-0.25, -0.2) is 18.4 Å². The van der Waals surface area contributed by atoms with E-state index in [9.17, 15) is 13.2 Å². The Morgan fingerprint density at radius 2 is 1.97 bits per heavy atom. The maximum absolute atomic E-state index is 13.2. The fraction of sp³-hybridized carbons (Fsp3) is 0.435. The Balaban J connectivity index is 1.87. The molecule has 2 atom stereocenters. The minimum Gasteiger partial charge on any atom is -0.497 e. The average Bonchev–Trinajstić information content (AvgIpc) is 3.30. The van der Waals surface area contributed by atoms with Crippen molar-refractivity contribution in [2.24, 2.45) is 0 Å². The minimum absolute atomic E-state index is 0.0614. The summed E-state index contributed by atoms with van der Waals surface area (Å²) in [6.45, 7) is 4.03. The highest BCUT2D eigenvalue weighted by Gasteiger charge is 2.32. The first kappa shape index (κ1) is 23.2. The highest BCUT2D eigenvalue weighted by atomic mass is 32.2. The van der Waals surface area contributed by atoms with Gasteiger partial charge in [0, 0.05) is 18.7 Å². The van der Waals surface area contributed by atoms with Crippen LogP contribution in [-0.2, 0) is 14.6 Å². The number of ether oxygens (including phenoxy) is 2. The van der Waals surface area contributed by atoms with Crippen LogP contribution in [0.15, 0.2) is 30.3 Å². The third kappa shape index (κ3) is 4.72. The van der Waals surface area contributed by atoms with Crippen molar-refractivity contribution in [2.45, 2.75) is 32.4 Å². The number of aromatic nitrogens is 3. The molecule has 10 heteroatoms. The number of methoxy groups -OCH3 is 2. The number of amides is 1. The van der Waals surface area contributed by atoms with Crippen molar-refractivity contribution in [3.8, 4) is 17.0 Å². The second kappa shape index (κ2) is 9.11. The molecule has 176 valence electrons. The van der Waals surface area contributed by atoms with E-state index in [0.29, 0.717) is 41.3 Å². The number of carbonyl (C=O) groups is 1. The normalized spacial score (nSPS) is 18.4. The van der Waals surface area contributed by atoms with Crippen molar-refractivity contribution in [1.29, 1.82) is 0 Å². The molecule has 1 fully saturated rings. The van der Waals surface area contributed by atoms with Gasteiger partial charge in [-0.05, 0) is 50.6 Å². The summed E-state index contributed by atoms with van der Waals surface area (Å²) in [5.41, 5.74) is 2.75. The number of hydrogen-bond acceptors (Lipinski definition) is 7. The first-order valence-corrected chi connectivity index (χ1v) is 12.6. The number of imidazole rings is 1. The number of pyridine rings is 1. The predicted molar refractivity (Wildman–Crippen MR) is 125 cm³/mol. The molecule has 0 radical (unpaired) electrons. The molecule has 2 aromatic heterocycles. The van der Waals surface area contributed by atoms with E-state index in [0.717, 1.165) is 5.56 Å². The van der Waals surface area contributed by atoms with Gasteiger partial charge in [-0.1, -0.05) is 0 Å². The Hall–Kier alpha value is -2.98. The minimum atomic E-state index is -3.10. The van der Waals surface area contributed by atoms with Gasteiger partial charge in [-0.2, -0.15) is 0 Å². The Morgan fingerprint density at radius 3 is 2.58 bits per heavy atom. The van der Waals surface area contributed by atoms with E-state index in [4.69, 9.17) is 9.47 Å². The van der Waals surface area contributed by atoms with E-state index in [1.54, 1.807) is 14.2 Å². The summed E-state index contributed by atoms with van der Waals surface area (Å²) in [5, 5.41) is 2.91. The molecule has 0 bridgehead atoms. The van der Waals surface area contributed by atoms with Crippen molar-refractivity contribution in [2.75, 3.05) is 32.3 Å². The lowest BCUT2D eigenvalue weighted by atomic mass is 10.1. The first-order chi connectivity index (χ1) is 15.7. The van der Waals surface area contributed by atoms with Crippen molar-refractivity contribution < 1.29 is 22.7 Å². The molecule has 9 nitrogen and oxygen atoms in total. The molecule has 1 N–H and O–H groups in total. The largest absolute Gasteiger partial charge is 0.497 e. The predicted octanol–water partition coefficient (Wildman–Crippen LogP) is 2.54. The monoisotopic (exact) mass is 472 g/mol. The molecule has 1 saturated heterocycles. The maximum Gasteiger partial charge on any atom is 0.272 e. The first-order valence-electron chi connectivity index (χ1n) is 10.8. The summed E-state index contributed by atoms with van der Waals surface area (Å²) in [6.07, 6.45) is 0.515. The zero-order chi connectivity index (χ0) is 23.8. The van der Waals surface area contributed by atoms with E-state index >= 15 is 0 Å². The van der Waals surface area contributed by atoms with Crippen molar-refractivity contribution >= 4 is 26.8 Å². The summed E-state index contributed by atoms with van der Waals surface area (Å²) >= 11 is 0. The van der Waals surface area contributed by atoms with Gasteiger partial charge in [0.25, 0.3) is 5.91 Å². The van der Waals surface area contributed by atoms with Crippen LogP contribution in [0.25, 0.3) is 22.3 Å². The van der Waals surface area contributed by atoms with Crippen LogP contribution in [0.4, 0.5) is 0 Å². The van der Waals surface area contributed by atoms with Crippen LogP contribution in [0.3, 0.4) is 0 Å². The SMILES string of the molecule is COCC(C)NC(=O)c1nc(-c2ccc(OC)cc2)cc2c1nc(C)n2C1CCS(=O)(=O)C1. The second-order valence-corrected chi connectivity index (χ2v) is 10.6. The molecule has 3 heterocycles. The number of benzene rings is 1. The van der Waals surface area contributed by atoms with Crippen LogP contribution in [0, 0.1) is 6.92 Å². The summed E-state index contributed by atoms with van der Waals surface area (Å²) in [7, 11) is 0.0738. The van der Waals surface area contributed by atoms with Crippen LogP contribution in [0.1, 0.15) is 35.7 Å². The topological polar surface area (TPSA) is 112 Å². The number of rotatable bonds is 7. The van der Waals surface area contributed by atoms with Crippen LogP contribution >= 0.6 is 0 Å². The van der Waals surface area contributed by atoms with Gasteiger partial charge in [-0.15, -0.1) is 0 Å². The quantitative estimate of drug-likeness (QED) is 0.562. The number of carbonyl (C=O) groups excluding carboxylic acids is 1. The lowest BCUT2D eigenvalue weighted by Crippen LogP contribution is -2.36. The Labute approximate surface area is 193 Å². The Morgan fingerprint density at radius 1 is 1.24 bits per heavy atom.